The zero-order valence-corrected chi connectivity index (χ0v) is 12.0. The van der Waals surface area contributed by atoms with Crippen molar-refractivity contribution in [3.8, 4) is 0 Å². The molecule has 2 atom stereocenters. The summed E-state index contributed by atoms with van der Waals surface area (Å²) >= 11 is 1.49. The van der Waals surface area contributed by atoms with E-state index < -0.39 is 5.92 Å². The summed E-state index contributed by atoms with van der Waals surface area (Å²) in [6, 6.07) is 0.0898. The number of thiazole rings is 1. The maximum Gasteiger partial charge on any atom is 0.230 e. The van der Waals surface area contributed by atoms with E-state index in [-0.39, 0.29) is 17.7 Å². The summed E-state index contributed by atoms with van der Waals surface area (Å²) in [5.74, 6) is -0.744. The Morgan fingerprint density at radius 1 is 1.58 bits per heavy atom. The van der Waals surface area contributed by atoms with Crippen LogP contribution in [0.1, 0.15) is 37.3 Å². The summed E-state index contributed by atoms with van der Waals surface area (Å²) in [4.78, 5) is 28.9. The van der Waals surface area contributed by atoms with Crippen LogP contribution in [0.25, 0.3) is 0 Å². The van der Waals surface area contributed by atoms with E-state index in [0.717, 1.165) is 29.8 Å². The number of carbonyl (C=O) groups is 2. The Morgan fingerprint density at radius 3 is 3.00 bits per heavy atom. The summed E-state index contributed by atoms with van der Waals surface area (Å²) in [6.07, 6.45) is 2.86. The number of rotatable bonds is 4. The van der Waals surface area contributed by atoms with Gasteiger partial charge in [0.15, 0.2) is 5.13 Å². The molecule has 0 saturated heterocycles. The Bertz CT molecular complexity index is 498. The van der Waals surface area contributed by atoms with Crippen LogP contribution in [0.5, 0.6) is 0 Å². The first kappa shape index (κ1) is 14.0. The number of aryl methyl sites for hydroxylation is 1. The fraction of sp³-hybridized carbons (Fsp3) is 0.615. The van der Waals surface area contributed by atoms with Crippen LogP contribution in [0.15, 0.2) is 0 Å². The maximum atomic E-state index is 12.0. The highest BCUT2D eigenvalue weighted by Gasteiger charge is 2.26. The minimum Gasteiger partial charge on any atom is -0.375 e. The van der Waals surface area contributed by atoms with Crippen molar-refractivity contribution in [2.75, 3.05) is 5.73 Å². The molecule has 0 bridgehead atoms. The Morgan fingerprint density at radius 2 is 2.32 bits per heavy atom. The molecule has 0 aliphatic heterocycles. The fourth-order valence-corrected chi connectivity index (χ4v) is 3.26. The number of nitrogens with two attached hydrogens (primary N) is 1. The quantitative estimate of drug-likeness (QED) is 0.815. The van der Waals surface area contributed by atoms with Crippen LogP contribution < -0.4 is 11.1 Å². The van der Waals surface area contributed by atoms with Crippen LogP contribution in [0.3, 0.4) is 0 Å². The second-order valence-corrected chi connectivity index (χ2v) is 6.03. The summed E-state index contributed by atoms with van der Waals surface area (Å²) < 4.78 is 0. The van der Waals surface area contributed by atoms with E-state index in [2.05, 4.69) is 10.3 Å². The van der Waals surface area contributed by atoms with Crippen molar-refractivity contribution in [3.63, 3.8) is 0 Å². The molecular formula is C13H19N3O2S. The first-order valence-electron chi connectivity index (χ1n) is 6.58. The van der Waals surface area contributed by atoms with E-state index in [1.54, 1.807) is 13.8 Å². The number of nitrogens with zero attached hydrogens (tertiary/aromatic N) is 1. The van der Waals surface area contributed by atoms with Gasteiger partial charge in [0.25, 0.3) is 0 Å². The SMILES string of the molecule is CCC(=O)[C@H](C)C(=O)N[C@H]1CCc2nc(N)sc2C1. The van der Waals surface area contributed by atoms with Crippen molar-refractivity contribution in [1.29, 1.82) is 0 Å². The summed E-state index contributed by atoms with van der Waals surface area (Å²) in [7, 11) is 0. The lowest BCUT2D eigenvalue weighted by atomic mass is 9.96. The lowest BCUT2D eigenvalue weighted by molar-refractivity contribution is -0.133. The molecule has 1 aliphatic rings. The predicted molar refractivity (Wildman–Crippen MR) is 74.9 cm³/mol. The molecule has 2 rings (SSSR count). The van der Waals surface area contributed by atoms with Gasteiger partial charge < -0.3 is 11.1 Å². The molecule has 1 aromatic rings. The third-order valence-corrected chi connectivity index (χ3v) is 4.48. The second kappa shape index (κ2) is 5.69. The number of hydrogen-bond donors (Lipinski definition) is 2. The molecule has 0 radical (unpaired) electrons. The van der Waals surface area contributed by atoms with Crippen molar-refractivity contribution in [1.82, 2.24) is 10.3 Å². The number of anilines is 1. The van der Waals surface area contributed by atoms with Gasteiger partial charge in [-0.25, -0.2) is 4.98 Å². The molecule has 0 saturated carbocycles. The van der Waals surface area contributed by atoms with Gasteiger partial charge in [0.1, 0.15) is 5.78 Å². The third-order valence-electron chi connectivity index (χ3n) is 3.53. The normalized spacial score (nSPS) is 19.6. The molecule has 1 aromatic heterocycles. The monoisotopic (exact) mass is 281 g/mol. The summed E-state index contributed by atoms with van der Waals surface area (Å²) in [6.45, 7) is 3.44. The van der Waals surface area contributed by atoms with Gasteiger partial charge >= 0.3 is 0 Å². The molecular weight excluding hydrogens is 262 g/mol. The number of Topliss-reactive ketones (excluding diaryl/α,β-unsaturated/α-hetero) is 1. The average molecular weight is 281 g/mol. The maximum absolute atomic E-state index is 12.0. The molecule has 104 valence electrons. The summed E-state index contributed by atoms with van der Waals surface area (Å²) in [5, 5.41) is 3.55. The van der Waals surface area contributed by atoms with Gasteiger partial charge in [-0.05, 0) is 19.8 Å². The summed E-state index contributed by atoms with van der Waals surface area (Å²) in [5.41, 5.74) is 6.75. The molecule has 1 heterocycles. The lowest BCUT2D eigenvalue weighted by Gasteiger charge is -2.23. The highest BCUT2D eigenvalue weighted by Crippen LogP contribution is 2.28. The van der Waals surface area contributed by atoms with Crippen LogP contribution in [-0.4, -0.2) is 22.7 Å². The zero-order chi connectivity index (χ0) is 14.0. The van der Waals surface area contributed by atoms with Crippen LogP contribution in [0.4, 0.5) is 5.13 Å². The third kappa shape index (κ3) is 3.12. The Hall–Kier alpha value is -1.43. The molecule has 1 amide bonds. The topological polar surface area (TPSA) is 85.1 Å². The molecule has 3 N–H and O–H groups in total. The van der Waals surface area contributed by atoms with Crippen LogP contribution in [-0.2, 0) is 22.4 Å². The van der Waals surface area contributed by atoms with Crippen molar-refractivity contribution in [2.45, 2.75) is 45.6 Å². The van der Waals surface area contributed by atoms with E-state index in [1.165, 1.54) is 11.3 Å². The molecule has 0 spiro atoms. The van der Waals surface area contributed by atoms with Gasteiger partial charge in [-0.3, -0.25) is 9.59 Å². The van der Waals surface area contributed by atoms with Gasteiger partial charge in [-0.2, -0.15) is 0 Å². The minimum absolute atomic E-state index is 0.0176. The van der Waals surface area contributed by atoms with Gasteiger partial charge in [-0.15, -0.1) is 11.3 Å². The highest BCUT2D eigenvalue weighted by molar-refractivity contribution is 7.15. The van der Waals surface area contributed by atoms with Crippen LogP contribution >= 0.6 is 11.3 Å². The highest BCUT2D eigenvalue weighted by atomic mass is 32.1. The number of hydrogen-bond acceptors (Lipinski definition) is 5. The van der Waals surface area contributed by atoms with Gasteiger partial charge in [-0.1, -0.05) is 6.92 Å². The molecule has 0 aromatic carbocycles. The van der Waals surface area contributed by atoms with Crippen molar-refractivity contribution in [2.24, 2.45) is 5.92 Å². The van der Waals surface area contributed by atoms with Gasteiger partial charge in [0.2, 0.25) is 5.91 Å². The molecule has 0 unspecified atom stereocenters. The number of fused-ring (bicyclic) bond motifs is 1. The molecule has 1 aliphatic carbocycles. The lowest BCUT2D eigenvalue weighted by Crippen LogP contribution is -2.42. The molecule has 0 fully saturated rings. The number of nitrogen functional groups attached to an aromatic ring is 1. The Labute approximate surface area is 116 Å². The molecule has 19 heavy (non-hydrogen) atoms. The van der Waals surface area contributed by atoms with E-state index >= 15 is 0 Å². The van der Waals surface area contributed by atoms with Crippen molar-refractivity contribution >= 4 is 28.2 Å². The first-order valence-corrected chi connectivity index (χ1v) is 7.40. The van der Waals surface area contributed by atoms with Crippen molar-refractivity contribution in [3.05, 3.63) is 10.6 Å². The first-order chi connectivity index (χ1) is 9.01. The Kier molecular flexibility index (Phi) is 4.19. The molecule has 5 nitrogen and oxygen atoms in total. The van der Waals surface area contributed by atoms with E-state index in [4.69, 9.17) is 5.73 Å². The number of amides is 1. The van der Waals surface area contributed by atoms with Crippen LogP contribution in [0, 0.1) is 5.92 Å². The van der Waals surface area contributed by atoms with Crippen molar-refractivity contribution < 1.29 is 9.59 Å². The van der Waals surface area contributed by atoms with Gasteiger partial charge in [0.05, 0.1) is 11.6 Å². The Balaban J connectivity index is 1.95. The fourth-order valence-electron chi connectivity index (χ4n) is 2.30. The largest absolute Gasteiger partial charge is 0.375 e. The van der Waals surface area contributed by atoms with Gasteiger partial charge in [0, 0.05) is 23.8 Å². The predicted octanol–water partition coefficient (Wildman–Crippen LogP) is 1.31. The van der Waals surface area contributed by atoms with E-state index in [0.29, 0.717) is 11.6 Å². The zero-order valence-electron chi connectivity index (χ0n) is 11.2. The van der Waals surface area contributed by atoms with E-state index in [1.807, 2.05) is 0 Å². The number of aromatic nitrogens is 1. The standard InChI is InChI=1S/C13H19N3O2S/c1-3-10(17)7(2)12(18)15-8-4-5-9-11(6-8)19-13(14)16-9/h7-8H,3-6H2,1-2H3,(H2,14,16)(H,15,18)/t7-,8-/m0/s1. The van der Waals surface area contributed by atoms with Crippen LogP contribution in [0.2, 0.25) is 0 Å². The second-order valence-electron chi connectivity index (χ2n) is 4.91. The smallest absolute Gasteiger partial charge is 0.230 e. The number of nitrogens with one attached hydrogen (secondary N) is 1. The average Bonchev–Trinajstić information content (AvgIpc) is 2.76. The van der Waals surface area contributed by atoms with E-state index in [9.17, 15) is 9.59 Å². The number of ketones is 1. The minimum atomic E-state index is -0.557. The number of carbonyl (C=O) groups excluding carboxylic acids is 2. The molecule has 6 heteroatoms.